The highest BCUT2D eigenvalue weighted by atomic mass is 32.1. The van der Waals surface area contributed by atoms with Crippen LogP contribution in [-0.2, 0) is 16.0 Å². The minimum Gasteiger partial charge on any atom is -0.481 e. The van der Waals surface area contributed by atoms with Crippen molar-refractivity contribution in [1.82, 2.24) is 5.32 Å². The third kappa shape index (κ3) is 3.80. The summed E-state index contributed by atoms with van der Waals surface area (Å²) in [5.41, 5.74) is 1.52. The second kappa shape index (κ2) is 8.53. The van der Waals surface area contributed by atoms with Gasteiger partial charge in [-0.1, -0.05) is 31.9 Å². The quantitative estimate of drug-likeness (QED) is 0.591. The SMILES string of the molecule is CCc1c(C)sc(NC(=O)[C@H]2[C@H](C(=O)O)[C@H]3C=C[C@H]2CC3)c1C(=O)NC1CCCC1. The number of hydrogen-bond donors (Lipinski definition) is 3. The Kier molecular flexibility index (Phi) is 6.00. The van der Waals surface area contributed by atoms with Crippen molar-refractivity contribution in [1.29, 1.82) is 0 Å². The molecule has 3 N–H and O–H groups in total. The molecule has 4 atom stereocenters. The first-order valence-corrected chi connectivity index (χ1v) is 11.9. The molecule has 2 bridgehead atoms. The van der Waals surface area contributed by atoms with E-state index in [1.807, 2.05) is 26.0 Å². The normalized spacial score (nSPS) is 27.9. The van der Waals surface area contributed by atoms with Crippen molar-refractivity contribution in [2.24, 2.45) is 23.7 Å². The Hall–Kier alpha value is -2.15. The molecule has 6 nitrogen and oxygen atoms in total. The second-order valence-electron chi connectivity index (χ2n) is 8.82. The van der Waals surface area contributed by atoms with Crippen LogP contribution in [0.3, 0.4) is 0 Å². The Labute approximate surface area is 181 Å². The van der Waals surface area contributed by atoms with Crippen molar-refractivity contribution in [3.63, 3.8) is 0 Å². The van der Waals surface area contributed by atoms with Gasteiger partial charge < -0.3 is 15.7 Å². The Morgan fingerprint density at radius 3 is 2.27 bits per heavy atom. The van der Waals surface area contributed by atoms with E-state index in [0.717, 1.165) is 49.0 Å². The third-order valence-corrected chi connectivity index (χ3v) is 8.12. The largest absolute Gasteiger partial charge is 0.481 e. The van der Waals surface area contributed by atoms with Crippen LogP contribution in [0.25, 0.3) is 0 Å². The van der Waals surface area contributed by atoms with E-state index in [1.165, 1.54) is 11.3 Å². The molecular weight excluding hydrogens is 400 g/mol. The van der Waals surface area contributed by atoms with E-state index in [1.54, 1.807) is 0 Å². The smallest absolute Gasteiger partial charge is 0.307 e. The molecule has 1 heterocycles. The zero-order valence-electron chi connectivity index (χ0n) is 17.6. The van der Waals surface area contributed by atoms with Crippen LogP contribution in [0.4, 0.5) is 5.00 Å². The van der Waals surface area contributed by atoms with Gasteiger partial charge >= 0.3 is 5.97 Å². The third-order valence-electron chi connectivity index (χ3n) is 7.05. The number of thiophene rings is 1. The molecule has 5 rings (SSSR count). The fourth-order valence-electron chi connectivity index (χ4n) is 5.54. The number of carbonyl (C=O) groups is 3. The number of allylic oxidation sites excluding steroid dienone is 2. The summed E-state index contributed by atoms with van der Waals surface area (Å²) in [5.74, 6) is -2.76. The first-order valence-electron chi connectivity index (χ1n) is 11.1. The fourth-order valence-corrected chi connectivity index (χ4v) is 6.69. The van der Waals surface area contributed by atoms with Crippen LogP contribution in [0.2, 0.25) is 0 Å². The lowest BCUT2D eigenvalue weighted by molar-refractivity contribution is -0.151. The van der Waals surface area contributed by atoms with E-state index in [4.69, 9.17) is 0 Å². The number of rotatable bonds is 6. The Morgan fingerprint density at radius 2 is 1.70 bits per heavy atom. The molecular formula is C23H30N2O4S. The molecule has 2 saturated carbocycles. The number of carbonyl (C=O) groups excluding carboxylic acids is 2. The molecule has 2 fully saturated rings. The minimum absolute atomic E-state index is 0.0569. The summed E-state index contributed by atoms with van der Waals surface area (Å²) in [6, 6.07) is 0.196. The monoisotopic (exact) mass is 430 g/mol. The first-order chi connectivity index (χ1) is 14.4. The summed E-state index contributed by atoms with van der Waals surface area (Å²) < 4.78 is 0. The molecule has 0 unspecified atom stereocenters. The number of fused-ring (bicyclic) bond motifs is 2. The van der Waals surface area contributed by atoms with Crippen molar-refractivity contribution in [2.75, 3.05) is 5.32 Å². The summed E-state index contributed by atoms with van der Waals surface area (Å²) in [7, 11) is 0. The predicted octanol–water partition coefficient (Wildman–Crippen LogP) is 4.14. The zero-order valence-corrected chi connectivity index (χ0v) is 18.4. The number of carboxylic acid groups (broad SMARTS) is 1. The highest BCUT2D eigenvalue weighted by Crippen LogP contribution is 2.46. The van der Waals surface area contributed by atoms with E-state index in [9.17, 15) is 19.5 Å². The molecule has 4 aliphatic carbocycles. The van der Waals surface area contributed by atoms with Gasteiger partial charge in [0.2, 0.25) is 5.91 Å². The summed E-state index contributed by atoms with van der Waals surface area (Å²) in [6.07, 6.45) is 10.6. The van der Waals surface area contributed by atoms with Gasteiger partial charge in [0, 0.05) is 10.9 Å². The Balaban J connectivity index is 1.59. The maximum Gasteiger partial charge on any atom is 0.307 e. The Bertz CT molecular complexity index is 884. The summed E-state index contributed by atoms with van der Waals surface area (Å²) in [5, 5.41) is 16.4. The van der Waals surface area contributed by atoms with Crippen molar-refractivity contribution < 1.29 is 19.5 Å². The van der Waals surface area contributed by atoms with Gasteiger partial charge in [-0.05, 0) is 56.4 Å². The molecule has 30 heavy (non-hydrogen) atoms. The van der Waals surface area contributed by atoms with Crippen LogP contribution in [0.15, 0.2) is 12.2 Å². The van der Waals surface area contributed by atoms with Crippen molar-refractivity contribution >= 4 is 34.1 Å². The van der Waals surface area contributed by atoms with Crippen LogP contribution in [0, 0.1) is 30.6 Å². The fraction of sp³-hybridized carbons (Fsp3) is 0.609. The van der Waals surface area contributed by atoms with Gasteiger partial charge in [-0.3, -0.25) is 14.4 Å². The van der Waals surface area contributed by atoms with Gasteiger partial charge in [-0.2, -0.15) is 0 Å². The predicted molar refractivity (Wildman–Crippen MR) is 117 cm³/mol. The van der Waals surface area contributed by atoms with Crippen molar-refractivity contribution in [3.8, 4) is 0 Å². The average molecular weight is 431 g/mol. The van der Waals surface area contributed by atoms with E-state index < -0.39 is 17.8 Å². The van der Waals surface area contributed by atoms with Crippen molar-refractivity contribution in [3.05, 3.63) is 28.2 Å². The minimum atomic E-state index is -0.912. The van der Waals surface area contributed by atoms with Crippen LogP contribution in [0.5, 0.6) is 0 Å². The van der Waals surface area contributed by atoms with Crippen LogP contribution in [-0.4, -0.2) is 28.9 Å². The molecule has 4 aliphatic rings. The summed E-state index contributed by atoms with van der Waals surface area (Å²) >= 11 is 1.42. The first kappa shape index (κ1) is 21.1. The number of anilines is 1. The average Bonchev–Trinajstić information content (AvgIpc) is 3.34. The maximum atomic E-state index is 13.3. The molecule has 7 heteroatoms. The summed E-state index contributed by atoms with van der Waals surface area (Å²) in [6.45, 7) is 3.98. The lowest BCUT2D eigenvalue weighted by Crippen LogP contribution is -2.47. The molecule has 0 spiro atoms. The standard InChI is InChI=1S/C23H30N2O4S/c1-3-16-12(2)30-22(19(16)21(27)24-15-6-4-5-7-15)25-20(26)17-13-8-10-14(11-9-13)18(17)23(28)29/h8,10,13-15,17-18H,3-7,9,11H2,1-2H3,(H,24,27)(H,25,26)(H,28,29)/t13-,14-,17+,18+/m0/s1. The van der Waals surface area contributed by atoms with Gasteiger partial charge in [0.15, 0.2) is 0 Å². The number of nitrogens with one attached hydrogen (secondary N) is 2. The molecule has 0 saturated heterocycles. The van der Waals surface area contributed by atoms with Gasteiger partial charge in [-0.15, -0.1) is 11.3 Å². The Morgan fingerprint density at radius 1 is 1.07 bits per heavy atom. The second-order valence-corrected chi connectivity index (χ2v) is 10.0. The highest BCUT2D eigenvalue weighted by molar-refractivity contribution is 7.16. The molecule has 162 valence electrons. The molecule has 0 aromatic carbocycles. The summed E-state index contributed by atoms with van der Waals surface area (Å²) in [4.78, 5) is 39.3. The van der Waals surface area contributed by atoms with Crippen LogP contribution >= 0.6 is 11.3 Å². The topological polar surface area (TPSA) is 95.5 Å². The van der Waals surface area contributed by atoms with Gasteiger partial charge in [0.05, 0.1) is 17.4 Å². The number of aryl methyl sites for hydroxylation is 1. The molecule has 2 amide bonds. The molecule has 0 radical (unpaired) electrons. The van der Waals surface area contributed by atoms with Gasteiger partial charge in [-0.25, -0.2) is 0 Å². The van der Waals surface area contributed by atoms with Gasteiger partial charge in [0.1, 0.15) is 5.00 Å². The lowest BCUT2D eigenvalue weighted by Gasteiger charge is -2.41. The zero-order chi connectivity index (χ0) is 21.4. The molecule has 0 aliphatic heterocycles. The van der Waals surface area contributed by atoms with E-state index in [2.05, 4.69) is 10.6 Å². The maximum absolute atomic E-state index is 13.3. The number of hydrogen-bond acceptors (Lipinski definition) is 4. The number of amides is 2. The highest BCUT2D eigenvalue weighted by Gasteiger charge is 2.48. The van der Waals surface area contributed by atoms with Crippen molar-refractivity contribution in [2.45, 2.75) is 64.8 Å². The van der Waals surface area contributed by atoms with Gasteiger partial charge in [0.25, 0.3) is 5.91 Å². The van der Waals surface area contributed by atoms with E-state index in [-0.39, 0.29) is 29.7 Å². The lowest BCUT2D eigenvalue weighted by atomic mass is 9.62. The number of carboxylic acids is 1. The number of aliphatic carboxylic acids is 1. The molecule has 1 aromatic rings. The molecule has 1 aromatic heterocycles. The van der Waals surface area contributed by atoms with E-state index >= 15 is 0 Å². The van der Waals surface area contributed by atoms with Crippen LogP contribution < -0.4 is 10.6 Å². The van der Waals surface area contributed by atoms with E-state index in [0.29, 0.717) is 17.0 Å². The van der Waals surface area contributed by atoms with Crippen LogP contribution in [0.1, 0.15) is 66.2 Å².